The van der Waals surface area contributed by atoms with Crippen LogP contribution < -0.4 is 26.2 Å². The van der Waals surface area contributed by atoms with Crippen molar-refractivity contribution in [2.24, 2.45) is 0 Å². The van der Waals surface area contributed by atoms with Crippen LogP contribution in [0.4, 0.5) is 34.1 Å². The summed E-state index contributed by atoms with van der Waals surface area (Å²) in [6.45, 7) is 0.0851. The molecule has 0 aromatic heterocycles. The number of hydrogen-bond acceptors (Lipinski definition) is 2. The van der Waals surface area contributed by atoms with Crippen LogP contribution >= 0.6 is 0 Å². The van der Waals surface area contributed by atoms with Gasteiger partial charge in [0.15, 0.2) is 0 Å². The van der Waals surface area contributed by atoms with Crippen LogP contribution in [-0.2, 0) is 10.8 Å². The Labute approximate surface area is 336 Å². The summed E-state index contributed by atoms with van der Waals surface area (Å²) >= 11 is 0. The van der Waals surface area contributed by atoms with Crippen LogP contribution in [0.2, 0.25) is 0 Å². The van der Waals surface area contributed by atoms with Crippen molar-refractivity contribution in [2.45, 2.75) is 75.0 Å². The minimum Gasteiger partial charge on any atom is -0.311 e. The Morgan fingerprint density at radius 1 is 0.386 bits per heavy atom. The molecule has 0 unspecified atom stereocenters. The molecule has 0 N–H and O–H groups in total. The van der Waals surface area contributed by atoms with Gasteiger partial charge in [0.05, 0.1) is 5.69 Å². The number of benzene rings is 7. The average Bonchev–Trinajstić information content (AvgIpc) is 3.70. The third-order valence-electron chi connectivity index (χ3n) is 15.2. The van der Waals surface area contributed by atoms with E-state index < -0.39 is 0 Å². The SMILES string of the molecule is c1ccc(N2c3ccccc3B3c4ccc5c(c4N(c4ccccc4)c4c3c2cc2c4-c3ccccc3C23CCCCC3)-c2ccccc2C52CCCCC2)cc1. The molecule has 274 valence electrons. The molecule has 2 saturated carbocycles. The normalized spacial score (nSPS) is 18.4. The molecule has 7 aromatic carbocycles. The molecule has 2 heterocycles. The Balaban J connectivity index is 1.23. The highest BCUT2D eigenvalue weighted by molar-refractivity contribution is 7.00. The van der Waals surface area contributed by atoms with Gasteiger partial charge in [-0.25, -0.2) is 0 Å². The molecule has 0 saturated heterocycles. The van der Waals surface area contributed by atoms with Crippen molar-refractivity contribution in [1.29, 1.82) is 0 Å². The molecule has 0 atom stereocenters. The van der Waals surface area contributed by atoms with Gasteiger partial charge in [-0.15, -0.1) is 0 Å². The highest BCUT2D eigenvalue weighted by Gasteiger charge is 2.53. The molecule has 3 heteroatoms. The van der Waals surface area contributed by atoms with Gasteiger partial charge in [-0.05, 0) is 112 Å². The second-order valence-electron chi connectivity index (χ2n) is 17.7. The second-order valence-corrected chi connectivity index (χ2v) is 17.7. The van der Waals surface area contributed by atoms with Crippen molar-refractivity contribution in [3.63, 3.8) is 0 Å². The Kier molecular flexibility index (Phi) is 6.73. The number of fused-ring (bicyclic) bond motifs is 16. The zero-order valence-corrected chi connectivity index (χ0v) is 32.5. The Hall–Kier alpha value is -5.80. The Morgan fingerprint density at radius 2 is 0.912 bits per heavy atom. The lowest BCUT2D eigenvalue weighted by Crippen LogP contribution is -2.61. The first-order chi connectivity index (χ1) is 28.3. The van der Waals surface area contributed by atoms with Crippen molar-refractivity contribution >= 4 is 57.2 Å². The summed E-state index contributed by atoms with van der Waals surface area (Å²) in [7, 11) is 0. The third-order valence-corrected chi connectivity index (χ3v) is 15.2. The average molecular weight is 733 g/mol. The number of anilines is 6. The maximum atomic E-state index is 2.77. The molecule has 0 amide bonds. The zero-order chi connectivity index (χ0) is 37.3. The van der Waals surface area contributed by atoms with Gasteiger partial charge < -0.3 is 9.80 Å². The smallest absolute Gasteiger partial charge is 0.252 e. The van der Waals surface area contributed by atoms with E-state index in [9.17, 15) is 0 Å². The van der Waals surface area contributed by atoms with Crippen molar-refractivity contribution in [3.8, 4) is 22.3 Å². The van der Waals surface area contributed by atoms with Crippen LogP contribution in [0.5, 0.6) is 0 Å². The summed E-state index contributed by atoms with van der Waals surface area (Å²) in [5.41, 5.74) is 24.2. The van der Waals surface area contributed by atoms with Crippen molar-refractivity contribution in [1.82, 2.24) is 0 Å². The van der Waals surface area contributed by atoms with E-state index in [1.54, 1.807) is 16.7 Å². The molecule has 0 bridgehead atoms. The molecule has 2 fully saturated rings. The minimum atomic E-state index is 0.00452. The molecule has 2 nitrogen and oxygen atoms in total. The molecule has 13 rings (SSSR count). The van der Waals surface area contributed by atoms with E-state index in [-0.39, 0.29) is 17.5 Å². The van der Waals surface area contributed by atoms with Gasteiger partial charge >= 0.3 is 0 Å². The van der Waals surface area contributed by atoms with E-state index in [0.29, 0.717) is 0 Å². The lowest BCUT2D eigenvalue weighted by atomic mass is 9.33. The van der Waals surface area contributed by atoms with E-state index in [2.05, 4.69) is 161 Å². The van der Waals surface area contributed by atoms with Gasteiger partial charge in [0.25, 0.3) is 6.71 Å². The van der Waals surface area contributed by atoms with Crippen LogP contribution in [0.25, 0.3) is 22.3 Å². The molecule has 6 aliphatic rings. The fraction of sp³-hybridized carbons (Fsp3) is 0.222. The molecule has 7 aromatic rings. The highest BCUT2D eigenvalue weighted by atomic mass is 15.2. The van der Waals surface area contributed by atoms with Crippen molar-refractivity contribution in [2.75, 3.05) is 9.80 Å². The predicted molar refractivity (Wildman–Crippen MR) is 239 cm³/mol. The van der Waals surface area contributed by atoms with E-state index in [1.165, 1.54) is 143 Å². The Morgan fingerprint density at radius 3 is 1.56 bits per heavy atom. The number of rotatable bonds is 2. The second kappa shape index (κ2) is 11.9. The first-order valence-corrected chi connectivity index (χ1v) is 21.7. The highest BCUT2D eigenvalue weighted by Crippen LogP contribution is 2.64. The quantitative estimate of drug-likeness (QED) is 0.163. The predicted octanol–water partition coefficient (Wildman–Crippen LogP) is 12.2. The monoisotopic (exact) mass is 732 g/mol. The summed E-state index contributed by atoms with van der Waals surface area (Å²) in [6, 6.07) is 58.8. The van der Waals surface area contributed by atoms with Gasteiger partial charge in [0, 0.05) is 50.4 Å². The Bertz CT molecular complexity index is 2770. The van der Waals surface area contributed by atoms with Crippen molar-refractivity contribution in [3.05, 3.63) is 174 Å². The molecule has 4 aliphatic carbocycles. The third kappa shape index (κ3) is 4.12. The van der Waals surface area contributed by atoms with Gasteiger partial charge in [-0.1, -0.05) is 154 Å². The summed E-state index contributed by atoms with van der Waals surface area (Å²) in [4.78, 5) is 5.38. The van der Waals surface area contributed by atoms with Gasteiger partial charge in [0.1, 0.15) is 0 Å². The lowest BCUT2D eigenvalue weighted by Gasteiger charge is -2.47. The van der Waals surface area contributed by atoms with Crippen LogP contribution in [0.15, 0.2) is 152 Å². The maximum Gasteiger partial charge on any atom is 0.252 e. The van der Waals surface area contributed by atoms with Crippen LogP contribution in [0.3, 0.4) is 0 Å². The number of hydrogen-bond donors (Lipinski definition) is 0. The number of nitrogens with zero attached hydrogens (tertiary/aromatic N) is 2. The fourth-order valence-corrected chi connectivity index (χ4v) is 13.0. The first kappa shape index (κ1) is 32.3. The fourth-order valence-electron chi connectivity index (χ4n) is 13.0. The summed E-state index contributed by atoms with van der Waals surface area (Å²) in [6.07, 6.45) is 12.6. The maximum absolute atomic E-state index is 2.77. The summed E-state index contributed by atoms with van der Waals surface area (Å²) in [5.74, 6) is 0. The molecular formula is C54H45BN2. The van der Waals surface area contributed by atoms with Crippen LogP contribution in [0, 0.1) is 0 Å². The van der Waals surface area contributed by atoms with Crippen molar-refractivity contribution < 1.29 is 0 Å². The summed E-state index contributed by atoms with van der Waals surface area (Å²) < 4.78 is 0. The van der Waals surface area contributed by atoms with Crippen LogP contribution in [-0.4, -0.2) is 6.71 Å². The molecular weight excluding hydrogens is 687 g/mol. The molecule has 0 radical (unpaired) electrons. The molecule has 57 heavy (non-hydrogen) atoms. The molecule has 2 aliphatic heterocycles. The first-order valence-electron chi connectivity index (χ1n) is 21.7. The van der Waals surface area contributed by atoms with Gasteiger partial charge in [0.2, 0.25) is 0 Å². The largest absolute Gasteiger partial charge is 0.311 e. The van der Waals surface area contributed by atoms with E-state index in [1.807, 2.05) is 0 Å². The van der Waals surface area contributed by atoms with Gasteiger partial charge in [-0.2, -0.15) is 0 Å². The van der Waals surface area contributed by atoms with Crippen LogP contribution in [0.1, 0.15) is 86.5 Å². The van der Waals surface area contributed by atoms with E-state index in [0.717, 1.165) is 0 Å². The van der Waals surface area contributed by atoms with Gasteiger partial charge in [-0.3, -0.25) is 0 Å². The number of para-hydroxylation sites is 3. The molecule has 2 spiro atoms. The standard InChI is InChI=1S/C54H45BN2/c1-5-19-36(20-6-1)56-46-28-14-13-27-44(46)55-45-30-29-42-48(38-23-9-11-25-40(38)53(42)31-15-3-16-32-53)51(45)57(37-21-7-2-8-22-37)52-49-39-24-10-12-26-41(39)54(33-17-4-18-34-54)43(49)35-47(56)50(52)55/h1-2,5-14,19-30,35H,3-4,15-18,31-34H2. The minimum absolute atomic E-state index is 0.00452. The topological polar surface area (TPSA) is 6.48 Å². The van der Waals surface area contributed by atoms with E-state index in [4.69, 9.17) is 0 Å². The lowest BCUT2D eigenvalue weighted by molar-refractivity contribution is 0.353. The summed E-state index contributed by atoms with van der Waals surface area (Å²) in [5, 5.41) is 0. The van der Waals surface area contributed by atoms with E-state index >= 15 is 0 Å². The zero-order valence-electron chi connectivity index (χ0n) is 32.5.